The topological polar surface area (TPSA) is 115 Å². The average Bonchev–Trinajstić information content (AvgIpc) is 3.43. The number of anilines is 3. The van der Waals surface area contributed by atoms with E-state index < -0.39 is 4.92 Å². The molecule has 2 aromatic carbocycles. The number of carbonyl (C=O) groups is 2. The molecule has 0 atom stereocenters. The number of nitrogens with zero attached hydrogens (tertiary/aromatic N) is 6. The number of rotatable bonds is 7. The Morgan fingerprint density at radius 3 is 2.21 bits per heavy atom. The van der Waals surface area contributed by atoms with Crippen LogP contribution in [0.5, 0.6) is 0 Å². The molecule has 2 fully saturated rings. The van der Waals surface area contributed by atoms with Crippen LogP contribution in [0, 0.1) is 15.9 Å². The maximum atomic E-state index is 13.1. The van der Waals surface area contributed by atoms with E-state index in [1.165, 1.54) is 35.6 Å². The molecule has 3 heterocycles. The minimum absolute atomic E-state index is 0.0598. The van der Waals surface area contributed by atoms with Gasteiger partial charge >= 0.3 is 0 Å². The summed E-state index contributed by atoms with van der Waals surface area (Å²) in [5.74, 6) is -0.403. The summed E-state index contributed by atoms with van der Waals surface area (Å²) in [5.41, 5.74) is 2.02. The zero-order valence-corrected chi connectivity index (χ0v) is 22.0. The van der Waals surface area contributed by atoms with Crippen LogP contribution in [-0.2, 0) is 4.79 Å². The van der Waals surface area contributed by atoms with Crippen LogP contribution in [0.25, 0.3) is 0 Å². The number of benzene rings is 2. The zero-order chi connectivity index (χ0) is 27.4. The Labute approximate surface area is 228 Å². The number of nitro benzene ring substituents is 1. The second kappa shape index (κ2) is 11.7. The third-order valence-electron chi connectivity index (χ3n) is 6.90. The Balaban J connectivity index is 1.05. The van der Waals surface area contributed by atoms with Crippen LogP contribution in [0.2, 0.25) is 0 Å². The van der Waals surface area contributed by atoms with Gasteiger partial charge < -0.3 is 20.0 Å². The maximum Gasteiger partial charge on any atom is 0.273 e. The quantitative estimate of drug-likeness (QED) is 0.351. The molecule has 0 unspecified atom stereocenters. The third kappa shape index (κ3) is 6.49. The zero-order valence-electron chi connectivity index (χ0n) is 21.2. The minimum Gasteiger partial charge on any atom is -0.368 e. The van der Waals surface area contributed by atoms with Gasteiger partial charge in [-0.15, -0.1) is 11.3 Å². The fourth-order valence-corrected chi connectivity index (χ4v) is 5.35. The highest BCUT2D eigenvalue weighted by molar-refractivity contribution is 7.14. The van der Waals surface area contributed by atoms with E-state index in [2.05, 4.69) is 20.1 Å². The highest BCUT2D eigenvalue weighted by Gasteiger charge is 2.27. The van der Waals surface area contributed by atoms with Crippen LogP contribution in [0.1, 0.15) is 10.5 Å². The maximum absolute atomic E-state index is 13.1. The Hall–Kier alpha value is -4.10. The molecule has 2 amide bonds. The molecule has 2 saturated heterocycles. The van der Waals surface area contributed by atoms with E-state index in [0.717, 1.165) is 5.69 Å². The molecule has 0 radical (unpaired) electrons. The van der Waals surface area contributed by atoms with E-state index in [9.17, 15) is 24.1 Å². The number of hydrogen-bond acceptors (Lipinski definition) is 9. The molecule has 13 heteroatoms. The molecule has 2 aliphatic heterocycles. The van der Waals surface area contributed by atoms with Gasteiger partial charge in [-0.2, -0.15) is 0 Å². The molecule has 0 spiro atoms. The molecule has 5 rings (SSSR count). The van der Waals surface area contributed by atoms with Gasteiger partial charge in [0.05, 0.1) is 11.5 Å². The summed E-state index contributed by atoms with van der Waals surface area (Å²) in [7, 11) is 0. The van der Waals surface area contributed by atoms with E-state index in [1.54, 1.807) is 34.5 Å². The van der Waals surface area contributed by atoms with Crippen molar-refractivity contribution in [2.24, 2.45) is 0 Å². The van der Waals surface area contributed by atoms with Gasteiger partial charge in [-0.1, -0.05) is 0 Å². The molecule has 204 valence electrons. The Bertz CT molecular complexity index is 1320. The predicted molar refractivity (Wildman–Crippen MR) is 146 cm³/mol. The number of non-ortho nitro benzene ring substituents is 1. The summed E-state index contributed by atoms with van der Waals surface area (Å²) >= 11 is 1.31. The first-order valence-electron chi connectivity index (χ1n) is 12.6. The lowest BCUT2D eigenvalue weighted by Gasteiger charge is -2.38. The summed E-state index contributed by atoms with van der Waals surface area (Å²) < 4.78 is 13.1. The second-order valence-electron chi connectivity index (χ2n) is 9.38. The normalized spacial score (nSPS) is 16.3. The molecular weight excluding hydrogens is 525 g/mol. The van der Waals surface area contributed by atoms with Gasteiger partial charge in [0.25, 0.3) is 11.6 Å². The van der Waals surface area contributed by atoms with Crippen LogP contribution in [0.4, 0.5) is 26.6 Å². The van der Waals surface area contributed by atoms with E-state index >= 15 is 0 Å². The van der Waals surface area contributed by atoms with E-state index in [-0.39, 0.29) is 23.3 Å². The van der Waals surface area contributed by atoms with E-state index in [4.69, 9.17) is 0 Å². The minimum atomic E-state index is -0.416. The first-order valence-corrected chi connectivity index (χ1v) is 13.5. The third-order valence-corrected chi connectivity index (χ3v) is 7.65. The average molecular weight is 554 g/mol. The molecule has 2 aliphatic rings. The lowest BCUT2D eigenvalue weighted by atomic mass is 10.2. The van der Waals surface area contributed by atoms with Crippen molar-refractivity contribution in [2.75, 3.05) is 69.1 Å². The van der Waals surface area contributed by atoms with Gasteiger partial charge in [0, 0.05) is 81.2 Å². The van der Waals surface area contributed by atoms with Gasteiger partial charge in [0.1, 0.15) is 11.5 Å². The summed E-state index contributed by atoms with van der Waals surface area (Å²) in [4.78, 5) is 48.5. The number of aromatic nitrogens is 1. The standard InChI is InChI=1S/C26H28FN7O4S/c27-19-1-3-20(4-2-19)28-26-29-23(18-39-26)25(36)33-11-9-30(10-12-33)17-24(35)32-15-13-31(14-16-32)21-5-7-22(8-6-21)34(37)38/h1-8,18H,9-17H2,(H,28,29). The van der Waals surface area contributed by atoms with Crippen LogP contribution in [0.15, 0.2) is 53.9 Å². The number of hydrogen-bond donors (Lipinski definition) is 1. The summed E-state index contributed by atoms with van der Waals surface area (Å²) in [5, 5.41) is 16.2. The fraction of sp³-hybridized carbons (Fsp3) is 0.346. The number of halogens is 1. The molecule has 0 saturated carbocycles. The molecule has 0 aliphatic carbocycles. The molecule has 0 bridgehead atoms. The molecule has 39 heavy (non-hydrogen) atoms. The highest BCUT2D eigenvalue weighted by Crippen LogP contribution is 2.23. The summed E-state index contributed by atoms with van der Waals surface area (Å²) in [6.07, 6.45) is 0. The van der Waals surface area contributed by atoms with Crippen molar-refractivity contribution >= 4 is 45.3 Å². The van der Waals surface area contributed by atoms with Crippen LogP contribution in [0.3, 0.4) is 0 Å². The van der Waals surface area contributed by atoms with Crippen molar-refractivity contribution in [2.45, 2.75) is 0 Å². The Morgan fingerprint density at radius 2 is 1.56 bits per heavy atom. The SMILES string of the molecule is O=C(CN1CCN(C(=O)c2csc(Nc3ccc(F)cc3)n2)CC1)N1CCN(c2ccc([N+](=O)[O-])cc2)CC1. The lowest BCUT2D eigenvalue weighted by molar-refractivity contribution is -0.384. The predicted octanol–water partition coefficient (Wildman–Crippen LogP) is 3.04. The van der Waals surface area contributed by atoms with Crippen molar-refractivity contribution in [3.8, 4) is 0 Å². The van der Waals surface area contributed by atoms with Crippen LogP contribution < -0.4 is 10.2 Å². The fourth-order valence-electron chi connectivity index (χ4n) is 4.65. The largest absolute Gasteiger partial charge is 0.368 e. The van der Waals surface area contributed by atoms with E-state index in [1.807, 2.05) is 4.90 Å². The van der Waals surface area contributed by atoms with E-state index in [0.29, 0.717) is 75.4 Å². The van der Waals surface area contributed by atoms with Crippen molar-refractivity contribution in [1.82, 2.24) is 19.7 Å². The summed E-state index contributed by atoms with van der Waals surface area (Å²) in [6, 6.07) is 12.4. The van der Waals surface area contributed by atoms with Crippen LogP contribution in [-0.4, -0.2) is 95.3 Å². The van der Waals surface area contributed by atoms with Crippen molar-refractivity contribution in [3.05, 3.63) is 75.5 Å². The molecular formula is C26H28FN7O4S. The molecule has 11 nitrogen and oxygen atoms in total. The number of amides is 2. The molecule has 3 aromatic rings. The Kier molecular flexibility index (Phi) is 7.98. The second-order valence-corrected chi connectivity index (χ2v) is 10.2. The van der Waals surface area contributed by atoms with Crippen molar-refractivity contribution in [1.29, 1.82) is 0 Å². The lowest BCUT2D eigenvalue weighted by Crippen LogP contribution is -2.54. The number of carbonyl (C=O) groups excluding carboxylic acids is 2. The van der Waals surface area contributed by atoms with Gasteiger partial charge in [0.15, 0.2) is 5.13 Å². The summed E-state index contributed by atoms with van der Waals surface area (Å²) in [6.45, 7) is 5.04. The molecule has 1 aromatic heterocycles. The first-order chi connectivity index (χ1) is 18.9. The van der Waals surface area contributed by atoms with Crippen LogP contribution >= 0.6 is 11.3 Å². The highest BCUT2D eigenvalue weighted by atomic mass is 32.1. The number of nitro groups is 1. The van der Waals surface area contributed by atoms with Gasteiger partial charge in [-0.25, -0.2) is 9.37 Å². The number of piperazine rings is 2. The molecule has 1 N–H and O–H groups in total. The number of nitrogens with one attached hydrogen (secondary N) is 1. The van der Waals surface area contributed by atoms with Crippen molar-refractivity contribution < 1.29 is 18.9 Å². The van der Waals surface area contributed by atoms with Gasteiger partial charge in [-0.05, 0) is 36.4 Å². The monoisotopic (exact) mass is 553 g/mol. The van der Waals surface area contributed by atoms with Gasteiger partial charge in [-0.3, -0.25) is 24.6 Å². The Morgan fingerprint density at radius 1 is 0.923 bits per heavy atom. The van der Waals surface area contributed by atoms with Gasteiger partial charge in [0.2, 0.25) is 5.91 Å². The first kappa shape index (κ1) is 26.5. The smallest absolute Gasteiger partial charge is 0.273 e. The van der Waals surface area contributed by atoms with Crippen molar-refractivity contribution in [3.63, 3.8) is 0 Å². The number of thiazole rings is 1.